The van der Waals surface area contributed by atoms with Crippen molar-refractivity contribution in [3.05, 3.63) is 30.3 Å². The van der Waals surface area contributed by atoms with E-state index >= 15 is 0 Å². The largest absolute Gasteiger partial charge is 0.299 e. The summed E-state index contributed by atoms with van der Waals surface area (Å²) >= 11 is 2.07. The summed E-state index contributed by atoms with van der Waals surface area (Å²) in [5.74, 6) is 1.46. The standard InChI is InChI=1S/C17H27NS/c1-12(2)15-11-16(17(13(3)4)18(15)5)19-14-9-7-6-8-10-14/h6-10,12-13,15-17H,11H2,1-5H3/t15-,16-,17-/m1/s1. The zero-order valence-electron chi connectivity index (χ0n) is 12.8. The molecule has 0 amide bonds. The van der Waals surface area contributed by atoms with Gasteiger partial charge in [-0.2, -0.15) is 0 Å². The lowest BCUT2D eigenvalue weighted by Gasteiger charge is -2.32. The van der Waals surface area contributed by atoms with Crippen molar-refractivity contribution < 1.29 is 0 Å². The van der Waals surface area contributed by atoms with E-state index < -0.39 is 0 Å². The molecule has 1 aromatic carbocycles. The highest BCUT2D eigenvalue weighted by molar-refractivity contribution is 8.00. The average molecular weight is 277 g/mol. The fourth-order valence-electron chi connectivity index (χ4n) is 3.46. The zero-order chi connectivity index (χ0) is 14.0. The molecule has 106 valence electrons. The summed E-state index contributed by atoms with van der Waals surface area (Å²) in [6.45, 7) is 9.44. The van der Waals surface area contributed by atoms with Crippen molar-refractivity contribution in [1.29, 1.82) is 0 Å². The molecule has 0 saturated carbocycles. The van der Waals surface area contributed by atoms with E-state index in [1.807, 2.05) is 0 Å². The summed E-state index contributed by atoms with van der Waals surface area (Å²) in [6, 6.07) is 12.3. The van der Waals surface area contributed by atoms with E-state index in [4.69, 9.17) is 0 Å². The Morgan fingerprint density at radius 3 is 2.21 bits per heavy atom. The van der Waals surface area contributed by atoms with Crippen LogP contribution in [0, 0.1) is 11.8 Å². The predicted molar refractivity (Wildman–Crippen MR) is 85.7 cm³/mol. The number of rotatable bonds is 4. The summed E-state index contributed by atoms with van der Waals surface area (Å²) in [6.07, 6.45) is 1.32. The first-order chi connectivity index (χ1) is 9.00. The number of hydrogen-bond donors (Lipinski definition) is 0. The molecular weight excluding hydrogens is 250 g/mol. The van der Waals surface area contributed by atoms with Crippen molar-refractivity contribution in [1.82, 2.24) is 4.90 Å². The molecule has 1 aromatic rings. The second-order valence-electron chi connectivity index (χ2n) is 6.42. The Balaban J connectivity index is 2.14. The molecule has 0 N–H and O–H groups in total. The van der Waals surface area contributed by atoms with Crippen LogP contribution >= 0.6 is 11.8 Å². The molecule has 0 bridgehead atoms. The van der Waals surface area contributed by atoms with Crippen molar-refractivity contribution in [2.45, 2.75) is 56.3 Å². The van der Waals surface area contributed by atoms with Crippen LogP contribution in [0.4, 0.5) is 0 Å². The van der Waals surface area contributed by atoms with Crippen LogP contribution in [0.5, 0.6) is 0 Å². The van der Waals surface area contributed by atoms with Crippen molar-refractivity contribution in [3.63, 3.8) is 0 Å². The Hall–Kier alpha value is -0.470. The highest BCUT2D eigenvalue weighted by Crippen LogP contribution is 2.41. The number of nitrogens with zero attached hydrogens (tertiary/aromatic N) is 1. The maximum Gasteiger partial charge on any atom is 0.0268 e. The first-order valence-electron chi connectivity index (χ1n) is 7.44. The lowest BCUT2D eigenvalue weighted by atomic mass is 10.0. The molecule has 3 atom stereocenters. The van der Waals surface area contributed by atoms with E-state index in [1.165, 1.54) is 11.3 Å². The minimum absolute atomic E-state index is 0.692. The van der Waals surface area contributed by atoms with Gasteiger partial charge in [0.25, 0.3) is 0 Å². The summed E-state index contributed by atoms with van der Waals surface area (Å²) in [5, 5.41) is 0.722. The van der Waals surface area contributed by atoms with Gasteiger partial charge in [-0.15, -0.1) is 11.8 Å². The van der Waals surface area contributed by atoms with Gasteiger partial charge in [-0.05, 0) is 37.4 Å². The molecule has 0 aliphatic carbocycles. The minimum Gasteiger partial charge on any atom is -0.299 e. The quantitative estimate of drug-likeness (QED) is 0.795. The normalized spacial score (nSPS) is 28.5. The second-order valence-corrected chi connectivity index (χ2v) is 7.73. The topological polar surface area (TPSA) is 3.24 Å². The molecule has 0 unspecified atom stereocenters. The highest BCUT2D eigenvalue weighted by atomic mass is 32.2. The Labute approximate surface area is 122 Å². The van der Waals surface area contributed by atoms with Crippen molar-refractivity contribution in [2.75, 3.05) is 7.05 Å². The molecule has 0 aromatic heterocycles. The zero-order valence-corrected chi connectivity index (χ0v) is 13.7. The van der Waals surface area contributed by atoms with Gasteiger partial charge in [0.15, 0.2) is 0 Å². The molecular formula is C17H27NS. The molecule has 1 nitrogen and oxygen atoms in total. The number of thioether (sulfide) groups is 1. The van der Waals surface area contributed by atoms with E-state index in [9.17, 15) is 0 Å². The van der Waals surface area contributed by atoms with Gasteiger partial charge in [0.05, 0.1) is 0 Å². The van der Waals surface area contributed by atoms with E-state index in [2.05, 4.69) is 81.7 Å². The summed E-state index contributed by atoms with van der Waals surface area (Å²) in [5.41, 5.74) is 0. The Morgan fingerprint density at radius 2 is 1.68 bits per heavy atom. The van der Waals surface area contributed by atoms with Gasteiger partial charge < -0.3 is 0 Å². The van der Waals surface area contributed by atoms with Gasteiger partial charge in [0.2, 0.25) is 0 Å². The van der Waals surface area contributed by atoms with Crippen molar-refractivity contribution in [3.8, 4) is 0 Å². The minimum atomic E-state index is 0.692. The Bertz CT molecular complexity index is 388. The third kappa shape index (κ3) is 3.35. The van der Waals surface area contributed by atoms with Crippen LogP contribution in [0.15, 0.2) is 35.2 Å². The van der Waals surface area contributed by atoms with Crippen molar-refractivity contribution in [2.24, 2.45) is 11.8 Å². The van der Waals surface area contributed by atoms with Crippen LogP contribution in [0.3, 0.4) is 0 Å². The smallest absolute Gasteiger partial charge is 0.0268 e. The first kappa shape index (κ1) is 14.9. The maximum atomic E-state index is 2.63. The molecule has 19 heavy (non-hydrogen) atoms. The molecule has 1 saturated heterocycles. The Kier molecular flexibility index (Phi) is 4.97. The van der Waals surface area contributed by atoms with Crippen LogP contribution < -0.4 is 0 Å². The summed E-state index contributed by atoms with van der Waals surface area (Å²) in [7, 11) is 2.32. The predicted octanol–water partition coefficient (Wildman–Crippen LogP) is 4.53. The van der Waals surface area contributed by atoms with Crippen LogP contribution in [0.25, 0.3) is 0 Å². The molecule has 2 heteroatoms. The van der Waals surface area contributed by atoms with E-state index in [-0.39, 0.29) is 0 Å². The second kappa shape index (κ2) is 6.32. The summed E-state index contributed by atoms with van der Waals surface area (Å²) < 4.78 is 0. The van der Waals surface area contributed by atoms with Crippen LogP contribution in [-0.4, -0.2) is 29.3 Å². The van der Waals surface area contributed by atoms with Crippen molar-refractivity contribution >= 4 is 11.8 Å². The van der Waals surface area contributed by atoms with E-state index in [0.717, 1.165) is 23.1 Å². The molecule has 1 fully saturated rings. The fraction of sp³-hybridized carbons (Fsp3) is 0.647. The van der Waals surface area contributed by atoms with Gasteiger partial charge in [0, 0.05) is 22.2 Å². The number of hydrogen-bond acceptors (Lipinski definition) is 2. The molecule has 1 heterocycles. The molecule has 0 radical (unpaired) electrons. The van der Waals surface area contributed by atoms with Gasteiger partial charge in [-0.25, -0.2) is 0 Å². The van der Waals surface area contributed by atoms with Crippen LogP contribution in [-0.2, 0) is 0 Å². The monoisotopic (exact) mass is 277 g/mol. The van der Waals surface area contributed by atoms with Gasteiger partial charge in [-0.1, -0.05) is 45.9 Å². The van der Waals surface area contributed by atoms with E-state index in [0.29, 0.717) is 6.04 Å². The number of likely N-dealkylation sites (tertiary alicyclic amines) is 1. The average Bonchev–Trinajstić information content (AvgIpc) is 2.67. The van der Waals surface area contributed by atoms with Gasteiger partial charge in [-0.3, -0.25) is 4.90 Å². The maximum absolute atomic E-state index is 2.63. The molecule has 0 spiro atoms. The lowest BCUT2D eigenvalue weighted by Crippen LogP contribution is -2.40. The molecule has 1 aliphatic heterocycles. The van der Waals surface area contributed by atoms with Crippen LogP contribution in [0.2, 0.25) is 0 Å². The van der Waals surface area contributed by atoms with Crippen LogP contribution in [0.1, 0.15) is 34.1 Å². The van der Waals surface area contributed by atoms with Gasteiger partial charge >= 0.3 is 0 Å². The number of benzene rings is 1. The summed E-state index contributed by atoms with van der Waals surface area (Å²) in [4.78, 5) is 4.05. The molecule has 1 aliphatic rings. The highest BCUT2D eigenvalue weighted by Gasteiger charge is 2.41. The molecule has 2 rings (SSSR count). The Morgan fingerprint density at radius 1 is 1.05 bits per heavy atom. The lowest BCUT2D eigenvalue weighted by molar-refractivity contribution is 0.169. The first-order valence-corrected chi connectivity index (χ1v) is 8.32. The SMILES string of the molecule is CC(C)[C@H]1C[C@@H](Sc2ccccc2)[C@@H](C(C)C)N1C. The van der Waals surface area contributed by atoms with E-state index in [1.54, 1.807) is 0 Å². The third-order valence-corrected chi connectivity index (χ3v) is 5.65. The van der Waals surface area contributed by atoms with Gasteiger partial charge in [0.1, 0.15) is 0 Å². The fourth-order valence-corrected chi connectivity index (χ4v) is 5.06. The third-order valence-electron chi connectivity index (χ3n) is 4.33.